The van der Waals surface area contributed by atoms with Crippen molar-refractivity contribution in [3.8, 4) is 0 Å². The molecule has 1 rings (SSSR count). The minimum Gasteiger partial charge on any atom is -0.467 e. The van der Waals surface area contributed by atoms with Gasteiger partial charge in [-0.05, 0) is 6.07 Å². The summed E-state index contributed by atoms with van der Waals surface area (Å²) in [6.45, 7) is 0. The van der Waals surface area contributed by atoms with Gasteiger partial charge in [0.2, 0.25) is 0 Å². The fourth-order valence-electron chi connectivity index (χ4n) is 0.982. The smallest absolute Gasteiger partial charge is 0.341 e. The van der Waals surface area contributed by atoms with E-state index < -0.39 is 15.8 Å². The van der Waals surface area contributed by atoms with E-state index in [1.54, 1.807) is 0 Å². The molecule has 0 aliphatic rings. The van der Waals surface area contributed by atoms with E-state index in [2.05, 4.69) is 4.74 Å². The van der Waals surface area contributed by atoms with E-state index in [4.69, 9.17) is 4.42 Å². The number of methoxy groups -OCH3 is 1. The van der Waals surface area contributed by atoms with E-state index in [9.17, 15) is 13.2 Å². The Balaban J connectivity index is 3.00. The summed E-state index contributed by atoms with van der Waals surface area (Å²) in [6.07, 6.45) is 2.32. The minimum atomic E-state index is -3.21. The molecule has 0 radical (unpaired) electrons. The van der Waals surface area contributed by atoms with Gasteiger partial charge in [0.25, 0.3) is 0 Å². The largest absolute Gasteiger partial charge is 0.467 e. The van der Waals surface area contributed by atoms with Gasteiger partial charge in [0, 0.05) is 6.26 Å². The maximum atomic E-state index is 11.1. The molecule has 0 aliphatic carbocycles. The lowest BCUT2D eigenvalue weighted by molar-refractivity contribution is 0.0598. The van der Waals surface area contributed by atoms with Crippen LogP contribution in [-0.4, -0.2) is 27.8 Å². The first kappa shape index (κ1) is 10.8. The molecule has 0 unspecified atom stereocenters. The average molecular weight is 218 g/mol. The number of esters is 1. The summed E-state index contributed by atoms with van der Waals surface area (Å²) in [7, 11) is -1.99. The van der Waals surface area contributed by atoms with Gasteiger partial charge in [-0.1, -0.05) is 0 Å². The maximum Gasteiger partial charge on any atom is 0.341 e. The normalized spacial score (nSPS) is 11.3. The van der Waals surface area contributed by atoms with Gasteiger partial charge in [-0.15, -0.1) is 0 Å². The first-order valence-corrected chi connectivity index (χ1v) is 5.82. The number of ether oxygens (including phenoxy) is 1. The Morgan fingerprint density at radius 3 is 2.71 bits per heavy atom. The third-order valence-corrected chi connectivity index (χ3v) is 2.33. The Morgan fingerprint density at radius 1 is 1.57 bits per heavy atom. The topological polar surface area (TPSA) is 73.6 Å². The van der Waals surface area contributed by atoms with Crippen LogP contribution in [0.1, 0.15) is 16.1 Å². The van der Waals surface area contributed by atoms with E-state index in [1.165, 1.54) is 19.4 Å². The Kier molecular flexibility index (Phi) is 2.95. The molecule has 0 N–H and O–H groups in total. The van der Waals surface area contributed by atoms with E-state index in [1.807, 2.05) is 0 Å². The summed E-state index contributed by atoms with van der Waals surface area (Å²) in [4.78, 5) is 11.1. The van der Waals surface area contributed by atoms with E-state index >= 15 is 0 Å². The van der Waals surface area contributed by atoms with Crippen molar-refractivity contribution in [1.82, 2.24) is 0 Å². The van der Waals surface area contributed by atoms with Crippen LogP contribution >= 0.6 is 0 Å². The highest BCUT2D eigenvalue weighted by molar-refractivity contribution is 7.89. The van der Waals surface area contributed by atoms with E-state index in [0.717, 1.165) is 6.26 Å². The molecule has 6 heteroatoms. The molecule has 1 aromatic heterocycles. The van der Waals surface area contributed by atoms with Crippen LogP contribution in [0.5, 0.6) is 0 Å². The van der Waals surface area contributed by atoms with Crippen LogP contribution in [0, 0.1) is 0 Å². The first-order chi connectivity index (χ1) is 6.44. The number of hydrogen-bond donors (Lipinski definition) is 0. The molecule has 14 heavy (non-hydrogen) atoms. The summed E-state index contributed by atoms with van der Waals surface area (Å²) in [5, 5.41) is 0. The molecule has 0 saturated heterocycles. The average Bonchev–Trinajstić information content (AvgIpc) is 2.48. The van der Waals surface area contributed by atoms with Crippen molar-refractivity contribution in [3.63, 3.8) is 0 Å². The lowest BCUT2D eigenvalue weighted by atomic mass is 10.3. The van der Waals surface area contributed by atoms with Crippen LogP contribution in [-0.2, 0) is 20.3 Å². The zero-order chi connectivity index (χ0) is 10.8. The molecule has 78 valence electrons. The van der Waals surface area contributed by atoms with Crippen LogP contribution in [0.3, 0.4) is 0 Å². The molecule has 0 spiro atoms. The number of furan rings is 1. The van der Waals surface area contributed by atoms with Crippen molar-refractivity contribution in [2.24, 2.45) is 0 Å². The van der Waals surface area contributed by atoms with Gasteiger partial charge < -0.3 is 9.15 Å². The van der Waals surface area contributed by atoms with Crippen molar-refractivity contribution < 1.29 is 22.4 Å². The third kappa shape index (κ3) is 2.59. The molecular weight excluding hydrogens is 208 g/mol. The highest BCUT2D eigenvalue weighted by Gasteiger charge is 2.18. The second-order valence-corrected chi connectivity index (χ2v) is 4.96. The van der Waals surface area contributed by atoms with Crippen molar-refractivity contribution in [2.75, 3.05) is 13.4 Å². The first-order valence-electron chi connectivity index (χ1n) is 3.76. The minimum absolute atomic E-state index is 0.111. The lowest BCUT2D eigenvalue weighted by Crippen LogP contribution is -2.07. The van der Waals surface area contributed by atoms with Crippen molar-refractivity contribution >= 4 is 15.8 Å². The molecule has 0 saturated carbocycles. The van der Waals surface area contributed by atoms with Crippen LogP contribution in [0.25, 0.3) is 0 Å². The molecule has 0 amide bonds. The maximum absolute atomic E-state index is 11.1. The summed E-state index contributed by atoms with van der Waals surface area (Å²) in [6, 6.07) is 1.38. The van der Waals surface area contributed by atoms with Gasteiger partial charge in [-0.2, -0.15) is 0 Å². The van der Waals surface area contributed by atoms with E-state index in [-0.39, 0.29) is 17.1 Å². The van der Waals surface area contributed by atoms with Gasteiger partial charge in [-0.3, -0.25) is 0 Å². The second kappa shape index (κ2) is 3.83. The molecular formula is C8H10O5S. The van der Waals surface area contributed by atoms with Crippen molar-refractivity contribution in [1.29, 1.82) is 0 Å². The zero-order valence-electron chi connectivity index (χ0n) is 7.81. The molecule has 0 bridgehead atoms. The predicted molar refractivity (Wildman–Crippen MR) is 48.6 cm³/mol. The predicted octanol–water partition coefficient (Wildman–Crippen LogP) is 0.611. The van der Waals surface area contributed by atoms with Crippen molar-refractivity contribution in [3.05, 3.63) is 23.7 Å². The standard InChI is InChI=1S/C8H10O5S/c1-12-8(9)6-3-4-13-7(6)5-14(2,10)11/h3-4H,5H2,1-2H3. The molecule has 0 fully saturated rings. The van der Waals surface area contributed by atoms with Crippen LogP contribution in [0.2, 0.25) is 0 Å². The molecule has 5 nitrogen and oxygen atoms in total. The number of carbonyl (C=O) groups is 1. The molecule has 1 heterocycles. The van der Waals surface area contributed by atoms with Crippen LogP contribution in [0.15, 0.2) is 16.7 Å². The van der Waals surface area contributed by atoms with Crippen LogP contribution in [0.4, 0.5) is 0 Å². The monoisotopic (exact) mass is 218 g/mol. The Morgan fingerprint density at radius 2 is 2.21 bits per heavy atom. The van der Waals surface area contributed by atoms with Gasteiger partial charge in [0.05, 0.1) is 13.4 Å². The van der Waals surface area contributed by atoms with E-state index in [0.29, 0.717) is 0 Å². The highest BCUT2D eigenvalue weighted by Crippen LogP contribution is 2.14. The SMILES string of the molecule is COC(=O)c1ccoc1CS(C)(=O)=O. The fraction of sp³-hybridized carbons (Fsp3) is 0.375. The Hall–Kier alpha value is -1.30. The number of carbonyl (C=O) groups excluding carboxylic acids is 1. The van der Waals surface area contributed by atoms with Crippen LogP contribution < -0.4 is 0 Å². The Bertz CT molecular complexity index is 428. The quantitative estimate of drug-likeness (QED) is 0.695. The molecule has 0 atom stereocenters. The second-order valence-electron chi connectivity index (χ2n) is 2.82. The summed E-state index contributed by atoms with van der Waals surface area (Å²) in [5.41, 5.74) is 0.151. The van der Waals surface area contributed by atoms with Crippen molar-refractivity contribution in [2.45, 2.75) is 5.75 Å². The number of hydrogen-bond acceptors (Lipinski definition) is 5. The lowest BCUT2D eigenvalue weighted by Gasteiger charge is -1.98. The molecule has 0 aromatic carbocycles. The Labute approximate surface area is 81.6 Å². The molecule has 0 aliphatic heterocycles. The van der Waals surface area contributed by atoms with Gasteiger partial charge in [0.1, 0.15) is 17.1 Å². The van der Waals surface area contributed by atoms with Gasteiger partial charge >= 0.3 is 5.97 Å². The number of sulfone groups is 1. The highest BCUT2D eigenvalue weighted by atomic mass is 32.2. The molecule has 1 aromatic rings. The fourth-order valence-corrected chi connectivity index (χ4v) is 1.68. The van der Waals surface area contributed by atoms with Gasteiger partial charge in [0.15, 0.2) is 9.84 Å². The summed E-state index contributed by atoms with van der Waals surface area (Å²) >= 11 is 0. The third-order valence-electron chi connectivity index (χ3n) is 1.54. The summed E-state index contributed by atoms with van der Waals surface area (Å²) < 4.78 is 31.2. The number of rotatable bonds is 3. The summed E-state index contributed by atoms with van der Waals surface area (Å²) in [5.74, 6) is -0.790. The van der Waals surface area contributed by atoms with Gasteiger partial charge in [-0.25, -0.2) is 13.2 Å². The zero-order valence-corrected chi connectivity index (χ0v) is 8.63.